The zero-order chi connectivity index (χ0) is 5.86. The monoisotopic (exact) mass is 198 g/mol. The molecule has 0 rings (SSSR count). The second-order valence-electron chi connectivity index (χ2n) is 2.61. The van der Waals surface area contributed by atoms with Gasteiger partial charge in [-0.05, 0) is 18.0 Å². The molecule has 0 saturated carbocycles. The minimum Gasteiger partial charge on any atom is -0.135 e. The first-order valence-electron chi connectivity index (χ1n) is 2.88. The molecule has 0 bridgehead atoms. The van der Waals surface area contributed by atoms with Gasteiger partial charge in [-0.15, -0.1) is 9.24 Å². The molecule has 0 aliphatic heterocycles. The zero-order valence-corrected chi connectivity index (χ0v) is 8.72. The second kappa shape index (κ2) is 10.9. The van der Waals surface area contributed by atoms with Gasteiger partial charge in [0.2, 0.25) is 0 Å². The van der Waals surface area contributed by atoms with E-state index in [9.17, 15) is 0 Å². The van der Waals surface area contributed by atoms with Crippen LogP contribution in [-0.4, -0.2) is 5.66 Å². The van der Waals surface area contributed by atoms with Crippen molar-refractivity contribution in [3.05, 3.63) is 0 Å². The van der Waals surface area contributed by atoms with Gasteiger partial charge in [-0.25, -0.2) is 0 Å². The van der Waals surface area contributed by atoms with Crippen LogP contribution in [0, 0.1) is 81.4 Å². The van der Waals surface area contributed by atoms with Crippen LogP contribution in [0.3, 0.4) is 0 Å². The molecule has 0 nitrogen and oxygen atoms in total. The van der Waals surface area contributed by atoms with E-state index >= 15 is 0 Å². The van der Waals surface area contributed by atoms with E-state index in [1.165, 1.54) is 6.42 Å². The van der Waals surface area contributed by atoms with E-state index in [-0.39, 0.29) is 75.5 Å². The van der Waals surface area contributed by atoms with Crippen molar-refractivity contribution in [2.75, 3.05) is 0 Å². The number of hydrogen-bond acceptors (Lipinski definition) is 0. The fourth-order valence-electron chi connectivity index (χ4n) is 0.744. The molecule has 1 unspecified atom stereocenters. The van der Waals surface area contributed by atoms with E-state index in [2.05, 4.69) is 30.0 Å². The minimum atomic E-state index is 0. The molecule has 0 N–H and O–H groups in total. The van der Waals surface area contributed by atoms with Crippen LogP contribution >= 0.6 is 9.24 Å². The Morgan fingerprint density at radius 1 is 1.11 bits per heavy atom. The van der Waals surface area contributed by atoms with Crippen LogP contribution < -0.4 is 0 Å². The summed E-state index contributed by atoms with van der Waals surface area (Å²) in [6, 6.07) is 0. The topological polar surface area (TPSA) is 0 Å². The quantitative estimate of drug-likeness (QED) is 0.597. The van der Waals surface area contributed by atoms with E-state index < -0.39 is 0 Å². The molecule has 9 heavy (non-hydrogen) atoms. The zero-order valence-electron chi connectivity index (χ0n) is 6.15. The van der Waals surface area contributed by atoms with Crippen molar-refractivity contribution in [3.8, 4) is 0 Å². The predicted molar refractivity (Wildman–Crippen MR) is 38.6 cm³/mol. The SMILES string of the molecule is CC(C)C[C@H](C)P.[Ar].[Ar]. The van der Waals surface area contributed by atoms with E-state index in [0.717, 1.165) is 11.6 Å². The summed E-state index contributed by atoms with van der Waals surface area (Å²) in [6.45, 7) is 6.73. The third kappa shape index (κ3) is 18.2. The van der Waals surface area contributed by atoms with Gasteiger partial charge in [0.05, 0.1) is 0 Å². The summed E-state index contributed by atoms with van der Waals surface area (Å²) in [5.74, 6) is 0.854. The molecule has 0 amide bonds. The van der Waals surface area contributed by atoms with Crippen molar-refractivity contribution < 1.29 is 75.5 Å². The van der Waals surface area contributed by atoms with Gasteiger partial charge in [0, 0.05) is 75.5 Å². The van der Waals surface area contributed by atoms with E-state index in [0.29, 0.717) is 0 Å². The first kappa shape index (κ1) is 17.9. The maximum Gasteiger partial charge on any atom is 0 e. The van der Waals surface area contributed by atoms with Gasteiger partial charge in [0.25, 0.3) is 0 Å². The Morgan fingerprint density at radius 2 is 1.44 bits per heavy atom. The van der Waals surface area contributed by atoms with Crippen LogP contribution in [0.15, 0.2) is 0 Å². The molecule has 0 aliphatic rings. The van der Waals surface area contributed by atoms with Gasteiger partial charge in [0.15, 0.2) is 0 Å². The van der Waals surface area contributed by atoms with Crippen molar-refractivity contribution in [2.45, 2.75) is 32.9 Å². The Kier molecular flexibility index (Phi) is 21.8. The Bertz CT molecular complexity index is 40.3. The van der Waals surface area contributed by atoms with Crippen LogP contribution in [0.25, 0.3) is 0 Å². The molecule has 0 aromatic carbocycles. The van der Waals surface area contributed by atoms with Crippen molar-refractivity contribution in [3.63, 3.8) is 0 Å². The van der Waals surface area contributed by atoms with Crippen LogP contribution in [0.4, 0.5) is 0 Å². The molecule has 0 fully saturated rings. The van der Waals surface area contributed by atoms with Gasteiger partial charge in [0.1, 0.15) is 0 Å². The van der Waals surface area contributed by atoms with Crippen LogP contribution in [0.2, 0.25) is 0 Å². The molecule has 0 heterocycles. The third-order valence-corrected chi connectivity index (χ3v) is 1.12. The van der Waals surface area contributed by atoms with Gasteiger partial charge >= 0.3 is 0 Å². The molecule has 0 spiro atoms. The predicted octanol–water partition coefficient (Wildman–Crippen LogP) is 2.30. The Hall–Kier alpha value is 2.95. The van der Waals surface area contributed by atoms with Gasteiger partial charge < -0.3 is 0 Å². The minimum absolute atomic E-state index is 0. The molecule has 0 radical (unpaired) electrons. The average Bonchev–Trinajstić information content (AvgIpc) is 1.27. The van der Waals surface area contributed by atoms with Crippen molar-refractivity contribution in [1.29, 1.82) is 0 Å². The summed E-state index contributed by atoms with van der Waals surface area (Å²) in [5.41, 5.74) is 0.792. The first-order valence-corrected chi connectivity index (χ1v) is 3.55. The third-order valence-electron chi connectivity index (χ3n) is 0.843. The van der Waals surface area contributed by atoms with Gasteiger partial charge in [-0.2, -0.15) is 0 Å². The van der Waals surface area contributed by atoms with Crippen LogP contribution in [-0.2, 0) is 0 Å². The molecule has 0 aliphatic carbocycles. The van der Waals surface area contributed by atoms with Crippen molar-refractivity contribution >= 4 is 9.24 Å². The molecule has 0 aromatic rings. The van der Waals surface area contributed by atoms with Crippen molar-refractivity contribution in [1.82, 2.24) is 0 Å². The van der Waals surface area contributed by atoms with Gasteiger partial charge in [-0.3, -0.25) is 0 Å². The summed E-state index contributed by atoms with van der Waals surface area (Å²) < 4.78 is 0. The summed E-state index contributed by atoms with van der Waals surface area (Å²) in [6.07, 6.45) is 1.32. The number of rotatable bonds is 2. The van der Waals surface area contributed by atoms with E-state index in [4.69, 9.17) is 0 Å². The smallest absolute Gasteiger partial charge is 0 e. The summed E-state index contributed by atoms with van der Waals surface area (Å²) in [4.78, 5) is 0. The average molecular weight is 198 g/mol. The summed E-state index contributed by atoms with van der Waals surface area (Å²) in [5, 5.41) is 0. The molecule has 60 valence electrons. The van der Waals surface area contributed by atoms with Crippen molar-refractivity contribution in [2.24, 2.45) is 5.92 Å². The Morgan fingerprint density at radius 3 is 1.44 bits per heavy atom. The first-order chi connectivity index (χ1) is 3.13. The van der Waals surface area contributed by atoms with Crippen LogP contribution in [0.5, 0.6) is 0 Å². The maximum absolute atomic E-state index is 2.80. The Labute approximate surface area is 121 Å². The maximum atomic E-state index is 2.80. The van der Waals surface area contributed by atoms with Crippen LogP contribution in [0.1, 0.15) is 27.2 Å². The molecule has 0 aromatic heterocycles. The second-order valence-corrected chi connectivity index (χ2v) is 3.74. The molecular weight excluding hydrogens is 183 g/mol. The van der Waals surface area contributed by atoms with Gasteiger partial charge in [-0.1, -0.05) is 20.8 Å². The summed E-state index contributed by atoms with van der Waals surface area (Å²) in [7, 11) is 2.80. The standard InChI is InChI=1S/C6H15P.2Ar/c1-5(2)4-6(3)7;;/h5-6H,4,7H2,1-3H3;;/t6-;;/m0../s1. The fourth-order valence-corrected chi connectivity index (χ4v) is 1.29. The summed E-state index contributed by atoms with van der Waals surface area (Å²) >= 11 is 0. The Balaban J connectivity index is -0.000000180. The normalized spacial score (nSPS) is 11.7. The molecular formula is C6H15Ar2P. The number of hydrogen-bond donors (Lipinski definition) is 0. The fraction of sp³-hybridized carbons (Fsp3) is 1.00. The van der Waals surface area contributed by atoms with E-state index in [1.807, 2.05) is 0 Å². The molecule has 3 heteroatoms. The largest absolute Gasteiger partial charge is 0.135 e. The molecule has 2 atom stereocenters. The molecule has 0 saturated heterocycles. The van der Waals surface area contributed by atoms with E-state index in [1.54, 1.807) is 0 Å².